The molecule has 0 saturated heterocycles. The summed E-state index contributed by atoms with van der Waals surface area (Å²) in [5, 5.41) is 0.573. The summed E-state index contributed by atoms with van der Waals surface area (Å²) in [4.78, 5) is 28.4. The lowest BCUT2D eigenvalue weighted by molar-refractivity contribution is 0.0154. The third-order valence-corrected chi connectivity index (χ3v) is 13.7. The van der Waals surface area contributed by atoms with Crippen LogP contribution in [0.3, 0.4) is 0 Å². The topological polar surface area (TPSA) is 67.4 Å². The van der Waals surface area contributed by atoms with Gasteiger partial charge in [0.2, 0.25) is 0 Å². The Hall–Kier alpha value is -2.94. The summed E-state index contributed by atoms with van der Waals surface area (Å²) in [7, 11) is 0.988. The summed E-state index contributed by atoms with van der Waals surface area (Å²) in [6.07, 6.45) is 1.54. The Kier molecular flexibility index (Phi) is 6.33. The van der Waals surface area contributed by atoms with Crippen LogP contribution in [0.5, 0.6) is 0 Å². The summed E-state index contributed by atoms with van der Waals surface area (Å²) < 4.78 is 16.3. The quantitative estimate of drug-likeness (QED) is 0.353. The second-order valence-corrected chi connectivity index (χ2v) is 16.2. The van der Waals surface area contributed by atoms with Gasteiger partial charge in [0.25, 0.3) is 0 Å². The number of allylic oxidation sites excluding steroid dienone is 2. The second-order valence-electron chi connectivity index (χ2n) is 11.4. The van der Waals surface area contributed by atoms with Crippen molar-refractivity contribution in [1.29, 1.82) is 0 Å². The average Bonchev–Trinajstić information content (AvgIpc) is 3.40. The number of aromatic nitrogens is 3. The van der Waals surface area contributed by atoms with Crippen LogP contribution in [-0.2, 0) is 14.6 Å². The van der Waals surface area contributed by atoms with E-state index in [1.165, 1.54) is 20.9 Å². The van der Waals surface area contributed by atoms with E-state index in [9.17, 15) is 9.59 Å². The van der Waals surface area contributed by atoms with Crippen molar-refractivity contribution in [2.45, 2.75) is 51.0 Å². The maximum Gasteiger partial charge on any atom is 0.352 e. The van der Waals surface area contributed by atoms with Crippen molar-refractivity contribution in [3.8, 4) is 5.69 Å². The molecule has 0 saturated carbocycles. The van der Waals surface area contributed by atoms with E-state index < -0.39 is 13.2 Å². The molecule has 37 heavy (non-hydrogen) atoms. The lowest BCUT2D eigenvalue weighted by Gasteiger charge is -2.49. The van der Waals surface area contributed by atoms with E-state index in [2.05, 4.69) is 44.3 Å². The predicted octanol–water partition coefficient (Wildman–Crippen LogP) is 3.61. The molecule has 1 aliphatic carbocycles. The van der Waals surface area contributed by atoms with E-state index >= 15 is 0 Å². The minimum Gasteiger partial charge on any atom is -0.384 e. The highest BCUT2D eigenvalue weighted by molar-refractivity contribution is 6.92. The van der Waals surface area contributed by atoms with Crippen LogP contribution in [0.15, 0.2) is 81.4 Å². The Labute approximate surface area is 218 Å². The van der Waals surface area contributed by atoms with Crippen LogP contribution in [0.25, 0.3) is 5.69 Å². The monoisotopic (exact) mass is 519 g/mol. The fourth-order valence-corrected chi connectivity index (χ4v) is 10.2. The normalized spacial score (nSPS) is 22.7. The Morgan fingerprint density at radius 2 is 1.46 bits per heavy atom. The van der Waals surface area contributed by atoms with Crippen LogP contribution < -0.4 is 16.6 Å². The minimum atomic E-state index is -2.47. The molecule has 0 radical (unpaired) electrons. The van der Waals surface area contributed by atoms with E-state index in [0.717, 1.165) is 12.8 Å². The second kappa shape index (κ2) is 9.11. The van der Waals surface area contributed by atoms with Crippen molar-refractivity contribution in [2.75, 3.05) is 27.4 Å². The molecule has 3 aromatic rings. The van der Waals surface area contributed by atoms with Gasteiger partial charge in [0.1, 0.15) is 8.07 Å². The molecule has 5 rings (SSSR count). The number of ether oxygens (including phenoxy) is 2. The van der Waals surface area contributed by atoms with Gasteiger partial charge in [0, 0.05) is 19.6 Å². The van der Waals surface area contributed by atoms with Gasteiger partial charge in [-0.2, -0.15) is 0 Å². The predicted molar refractivity (Wildman–Crippen MR) is 149 cm³/mol. The van der Waals surface area contributed by atoms with Crippen molar-refractivity contribution in [3.05, 3.63) is 92.8 Å². The van der Waals surface area contributed by atoms with E-state index in [4.69, 9.17) is 9.47 Å². The van der Waals surface area contributed by atoms with Gasteiger partial charge in [-0.3, -0.25) is 0 Å². The van der Waals surface area contributed by atoms with Crippen molar-refractivity contribution in [1.82, 2.24) is 13.9 Å². The molecule has 2 aromatic carbocycles. The van der Waals surface area contributed by atoms with Gasteiger partial charge >= 0.3 is 11.4 Å². The van der Waals surface area contributed by atoms with Crippen molar-refractivity contribution >= 4 is 13.3 Å². The highest BCUT2D eigenvalue weighted by Crippen LogP contribution is 2.55. The third kappa shape index (κ3) is 3.60. The number of hydrogen-bond acceptors (Lipinski definition) is 4. The number of benzene rings is 2. The number of fused-ring (bicyclic) bond motifs is 1. The number of nitrogens with zero attached hydrogens (tertiary/aromatic N) is 3. The van der Waals surface area contributed by atoms with Gasteiger partial charge in [0.05, 0.1) is 30.1 Å². The number of methoxy groups -OCH3 is 2. The maximum atomic E-state index is 14.3. The highest BCUT2D eigenvalue weighted by Gasteiger charge is 2.58. The van der Waals surface area contributed by atoms with Crippen molar-refractivity contribution < 1.29 is 9.47 Å². The fraction of sp³-hybridized carbons (Fsp3) is 0.448. The molecular weight excluding hydrogens is 482 g/mol. The molecular formula is C29H37N3O4Si. The number of hydrogen-bond donors (Lipinski definition) is 0. The Morgan fingerprint density at radius 3 is 2.03 bits per heavy atom. The van der Waals surface area contributed by atoms with Crippen molar-refractivity contribution in [2.24, 2.45) is 5.41 Å². The molecule has 0 amide bonds. The van der Waals surface area contributed by atoms with Gasteiger partial charge < -0.3 is 9.47 Å². The van der Waals surface area contributed by atoms with Gasteiger partial charge in [-0.05, 0) is 50.0 Å². The molecule has 0 N–H and O–H groups in total. The van der Waals surface area contributed by atoms with Crippen LogP contribution >= 0.6 is 0 Å². The molecule has 0 bridgehead atoms. The molecule has 1 aromatic heterocycles. The highest BCUT2D eigenvalue weighted by atomic mass is 28.3. The first-order chi connectivity index (χ1) is 17.6. The molecule has 2 atom stereocenters. The van der Waals surface area contributed by atoms with Gasteiger partial charge in [0.15, 0.2) is 0 Å². The summed E-state index contributed by atoms with van der Waals surface area (Å²) in [5.41, 5.74) is 2.29. The first-order valence-electron chi connectivity index (χ1n) is 12.9. The smallest absolute Gasteiger partial charge is 0.352 e. The van der Waals surface area contributed by atoms with Crippen LogP contribution in [0, 0.1) is 5.41 Å². The minimum absolute atomic E-state index is 0.225. The maximum absolute atomic E-state index is 14.3. The summed E-state index contributed by atoms with van der Waals surface area (Å²) >= 11 is 0. The summed E-state index contributed by atoms with van der Waals surface area (Å²) in [5.74, 6) is 0. The molecule has 7 nitrogen and oxygen atoms in total. The standard InChI is InChI=1S/C29H37N3O4Si/c1-21-24-17-29(19-35-3,20-36-4)18-25(24)28(2,37(5,6)23-15-11-8-12-16-23)32-27(34)30(26(33)31(21)32)22-13-9-7-10-14-22/h7-16,21H,17-20H2,1-6H3/t21-,28-/m0/s1. The Balaban J connectivity index is 1.82. The zero-order chi connectivity index (χ0) is 26.6. The molecule has 1 aliphatic heterocycles. The fourth-order valence-electron chi connectivity index (χ4n) is 6.86. The molecule has 196 valence electrons. The first kappa shape index (κ1) is 25.7. The summed E-state index contributed by atoms with van der Waals surface area (Å²) in [6, 6.07) is 19.5. The van der Waals surface area contributed by atoms with Crippen molar-refractivity contribution in [3.63, 3.8) is 0 Å². The lowest BCUT2D eigenvalue weighted by Crippen LogP contribution is -2.67. The van der Waals surface area contributed by atoms with Gasteiger partial charge in [-0.15, -0.1) is 0 Å². The third-order valence-electron chi connectivity index (χ3n) is 8.99. The molecule has 0 spiro atoms. The molecule has 2 heterocycles. The van der Waals surface area contributed by atoms with E-state index in [-0.39, 0.29) is 22.8 Å². The Bertz CT molecular complexity index is 1450. The largest absolute Gasteiger partial charge is 0.384 e. The molecule has 8 heteroatoms. The Morgan fingerprint density at radius 1 is 0.892 bits per heavy atom. The van der Waals surface area contributed by atoms with E-state index in [0.29, 0.717) is 18.9 Å². The lowest BCUT2D eigenvalue weighted by atomic mass is 9.84. The van der Waals surface area contributed by atoms with Crippen LogP contribution in [0.4, 0.5) is 0 Å². The van der Waals surface area contributed by atoms with E-state index in [1.807, 2.05) is 43.3 Å². The zero-order valence-corrected chi connectivity index (χ0v) is 23.7. The van der Waals surface area contributed by atoms with Crippen LogP contribution in [0.2, 0.25) is 13.1 Å². The molecule has 2 aliphatic rings. The number of rotatable bonds is 7. The zero-order valence-electron chi connectivity index (χ0n) is 22.7. The number of para-hydroxylation sites is 1. The first-order valence-corrected chi connectivity index (χ1v) is 15.9. The van der Waals surface area contributed by atoms with Gasteiger partial charge in [-0.1, -0.05) is 66.8 Å². The molecule has 0 fully saturated rings. The van der Waals surface area contributed by atoms with E-state index in [1.54, 1.807) is 23.6 Å². The SMILES string of the molecule is COCC1(COC)CC2=C(C1)[C@](C)([Si](C)(C)c1ccccc1)n1c(=O)n(-c3ccccc3)c(=O)n1[C@H]2C. The van der Waals surface area contributed by atoms with Crippen LogP contribution in [-0.4, -0.2) is 49.4 Å². The van der Waals surface area contributed by atoms with Gasteiger partial charge in [-0.25, -0.2) is 23.5 Å². The average molecular weight is 520 g/mol. The molecule has 0 unspecified atom stereocenters. The summed E-state index contributed by atoms with van der Waals surface area (Å²) in [6.45, 7) is 9.99. The van der Waals surface area contributed by atoms with Crippen LogP contribution in [0.1, 0.15) is 32.7 Å².